The van der Waals surface area contributed by atoms with Crippen LogP contribution in [-0.4, -0.2) is 47.1 Å². The van der Waals surface area contributed by atoms with E-state index in [0.717, 1.165) is 24.4 Å². The third-order valence-electron chi connectivity index (χ3n) is 4.53. The number of ether oxygens (including phenoxy) is 1. The fraction of sp³-hybridized carbons (Fsp3) is 0.824. The number of nitrogens with one attached hydrogen (secondary N) is 1. The number of aldehydes is 1. The van der Waals surface area contributed by atoms with Crippen molar-refractivity contribution in [3.8, 4) is 0 Å². The van der Waals surface area contributed by atoms with Gasteiger partial charge in [0.1, 0.15) is 6.29 Å². The van der Waals surface area contributed by atoms with E-state index in [-0.39, 0.29) is 11.5 Å². The first-order chi connectivity index (χ1) is 11.2. The molecular formula is C17H35NO4Si2. The molecule has 0 fully saturated rings. The molecule has 0 aromatic rings. The van der Waals surface area contributed by atoms with Crippen LogP contribution in [0.2, 0.25) is 43.8 Å². The van der Waals surface area contributed by atoms with Crippen molar-refractivity contribution in [1.29, 1.82) is 0 Å². The van der Waals surface area contributed by atoms with Gasteiger partial charge in [-0.2, -0.15) is 0 Å². The zero-order chi connectivity index (χ0) is 18.6. The molecule has 0 rings (SSSR count). The first-order valence-corrected chi connectivity index (χ1v) is 15.4. The summed E-state index contributed by atoms with van der Waals surface area (Å²) in [7, 11) is -3.25. The first-order valence-electron chi connectivity index (χ1n) is 9.08. The zero-order valence-electron chi connectivity index (χ0n) is 16.1. The quantitative estimate of drug-likeness (QED) is 0.229. The third kappa shape index (κ3) is 9.37. The summed E-state index contributed by atoms with van der Waals surface area (Å²) < 4.78 is 5.24. The van der Waals surface area contributed by atoms with Crippen LogP contribution in [0.1, 0.15) is 33.1 Å². The molecule has 7 heteroatoms. The number of carbonyl (C=O) groups excluding carboxylic acids is 3. The van der Waals surface area contributed by atoms with E-state index < -0.39 is 16.1 Å². The predicted octanol–water partition coefficient (Wildman–Crippen LogP) is 4.02. The van der Waals surface area contributed by atoms with E-state index in [2.05, 4.69) is 25.0 Å². The van der Waals surface area contributed by atoms with Gasteiger partial charge in [0.05, 0.1) is 6.61 Å². The predicted molar refractivity (Wildman–Crippen MR) is 104 cm³/mol. The van der Waals surface area contributed by atoms with Gasteiger partial charge in [0.25, 0.3) is 0 Å². The molecule has 0 aliphatic rings. The van der Waals surface area contributed by atoms with Gasteiger partial charge in [-0.25, -0.2) is 0 Å². The van der Waals surface area contributed by atoms with Crippen LogP contribution in [0.4, 0.5) is 4.79 Å². The molecule has 5 nitrogen and oxygen atoms in total. The average molecular weight is 374 g/mol. The summed E-state index contributed by atoms with van der Waals surface area (Å²) >= 11 is 0. The summed E-state index contributed by atoms with van der Waals surface area (Å²) in [6.45, 7) is 11.8. The van der Waals surface area contributed by atoms with Crippen LogP contribution >= 0.6 is 0 Å². The van der Waals surface area contributed by atoms with Gasteiger partial charge in [0.15, 0.2) is 13.6 Å². The first kappa shape index (κ1) is 23.0. The second kappa shape index (κ2) is 11.6. The number of amides is 1. The second-order valence-corrected chi connectivity index (χ2v) is 18.1. The van der Waals surface area contributed by atoms with Crippen molar-refractivity contribution in [2.24, 2.45) is 0 Å². The maximum atomic E-state index is 12.5. The summed E-state index contributed by atoms with van der Waals surface area (Å²) in [6.07, 6.45) is 2.30. The number of rotatable bonds is 13. The lowest BCUT2D eigenvalue weighted by molar-refractivity contribution is -0.143. The number of hydrogen-bond donors (Lipinski definition) is 1. The minimum absolute atomic E-state index is 0.126. The molecule has 0 aliphatic heterocycles. The maximum absolute atomic E-state index is 12.5. The highest BCUT2D eigenvalue weighted by molar-refractivity contribution is 7.05. The van der Waals surface area contributed by atoms with Crippen molar-refractivity contribution in [2.45, 2.75) is 76.9 Å². The molecule has 0 saturated carbocycles. The molecule has 0 saturated heterocycles. The molecule has 1 amide bonds. The third-order valence-corrected chi connectivity index (χ3v) is 11.3. The minimum atomic E-state index is -2.08. The Kier molecular flexibility index (Phi) is 11.1. The molecular weight excluding hydrogens is 338 g/mol. The standard InChI is InChI=1S/C17H35NO4Si2/c1-6-24(7-2,14-9-12-19)17(21)18-11-8-10-16(20)22-13-15-23(3,4)5/h12H,6-11,13-15H2,1-5H3,(H,18,21). The minimum Gasteiger partial charge on any atom is -0.466 e. The SMILES string of the molecule is CC[Si](CC)(CCC=O)C(=O)NCCCC(=O)OCC[Si](C)(C)C. The van der Waals surface area contributed by atoms with Gasteiger partial charge in [-0.3, -0.25) is 9.59 Å². The van der Waals surface area contributed by atoms with E-state index in [4.69, 9.17) is 4.74 Å². The lowest BCUT2D eigenvalue weighted by atomic mass is 10.3. The zero-order valence-corrected chi connectivity index (χ0v) is 18.1. The van der Waals surface area contributed by atoms with E-state index in [1.54, 1.807) is 0 Å². The Morgan fingerprint density at radius 2 is 1.71 bits per heavy atom. The van der Waals surface area contributed by atoms with Crippen molar-refractivity contribution in [2.75, 3.05) is 13.2 Å². The van der Waals surface area contributed by atoms with Crippen LogP contribution in [0, 0.1) is 0 Å². The van der Waals surface area contributed by atoms with Crippen molar-refractivity contribution in [3.05, 3.63) is 0 Å². The molecule has 0 aliphatic carbocycles. The van der Waals surface area contributed by atoms with Crippen molar-refractivity contribution in [1.82, 2.24) is 5.32 Å². The van der Waals surface area contributed by atoms with E-state index in [9.17, 15) is 14.4 Å². The highest BCUT2D eigenvalue weighted by Gasteiger charge is 2.37. The fourth-order valence-electron chi connectivity index (χ4n) is 2.54. The molecule has 140 valence electrons. The van der Waals surface area contributed by atoms with Crippen LogP contribution in [0.5, 0.6) is 0 Å². The van der Waals surface area contributed by atoms with Gasteiger partial charge in [-0.05, 0) is 18.5 Å². The Hall–Kier alpha value is -0.956. The largest absolute Gasteiger partial charge is 0.466 e. The van der Waals surface area contributed by atoms with E-state index >= 15 is 0 Å². The molecule has 0 aromatic heterocycles. The van der Waals surface area contributed by atoms with Crippen molar-refractivity contribution < 1.29 is 19.1 Å². The highest BCUT2D eigenvalue weighted by Crippen LogP contribution is 2.22. The van der Waals surface area contributed by atoms with Gasteiger partial charge in [-0.1, -0.05) is 45.6 Å². The van der Waals surface area contributed by atoms with Crippen LogP contribution in [0.3, 0.4) is 0 Å². The highest BCUT2D eigenvalue weighted by atomic mass is 28.3. The molecule has 24 heavy (non-hydrogen) atoms. The number of esters is 1. The Morgan fingerprint density at radius 1 is 1.08 bits per heavy atom. The monoisotopic (exact) mass is 373 g/mol. The Bertz CT molecular complexity index is 404. The maximum Gasteiger partial charge on any atom is 0.305 e. The summed E-state index contributed by atoms with van der Waals surface area (Å²) in [4.78, 5) is 34.8. The number of carbonyl (C=O) groups is 3. The Morgan fingerprint density at radius 3 is 2.21 bits per heavy atom. The normalized spacial score (nSPS) is 11.9. The van der Waals surface area contributed by atoms with Gasteiger partial charge in [0.2, 0.25) is 0 Å². The van der Waals surface area contributed by atoms with Gasteiger partial charge in [0, 0.05) is 27.5 Å². The molecule has 0 atom stereocenters. The van der Waals surface area contributed by atoms with Gasteiger partial charge >= 0.3 is 5.97 Å². The van der Waals surface area contributed by atoms with Crippen LogP contribution in [0.15, 0.2) is 0 Å². The summed E-state index contributed by atoms with van der Waals surface area (Å²) in [5, 5.41) is 2.98. The van der Waals surface area contributed by atoms with Crippen molar-refractivity contribution >= 4 is 33.9 Å². The summed E-state index contributed by atoms with van der Waals surface area (Å²) in [6, 6.07) is 3.39. The average Bonchev–Trinajstić information content (AvgIpc) is 2.52. The Balaban J connectivity index is 4.10. The van der Waals surface area contributed by atoms with Gasteiger partial charge < -0.3 is 14.8 Å². The molecule has 0 unspecified atom stereocenters. The van der Waals surface area contributed by atoms with Crippen molar-refractivity contribution in [3.63, 3.8) is 0 Å². The molecule has 0 bridgehead atoms. The second-order valence-electron chi connectivity index (χ2n) is 7.58. The molecule has 1 N–H and O–H groups in total. The smallest absolute Gasteiger partial charge is 0.305 e. The van der Waals surface area contributed by atoms with Gasteiger partial charge in [-0.15, -0.1) is 0 Å². The van der Waals surface area contributed by atoms with E-state index in [1.165, 1.54) is 0 Å². The molecule has 0 aromatic carbocycles. The number of hydrogen-bond acceptors (Lipinski definition) is 4. The van der Waals surface area contributed by atoms with E-state index in [0.29, 0.717) is 38.5 Å². The van der Waals surface area contributed by atoms with Crippen LogP contribution in [0.25, 0.3) is 0 Å². The lowest BCUT2D eigenvalue weighted by Gasteiger charge is -2.27. The van der Waals surface area contributed by atoms with Crippen LogP contribution in [-0.2, 0) is 14.3 Å². The topological polar surface area (TPSA) is 72.5 Å². The Labute approximate surface area is 148 Å². The summed E-state index contributed by atoms with van der Waals surface area (Å²) in [5.41, 5.74) is 0.126. The van der Waals surface area contributed by atoms with Crippen LogP contribution < -0.4 is 5.32 Å². The molecule has 0 spiro atoms. The fourth-order valence-corrected chi connectivity index (χ4v) is 6.50. The lowest BCUT2D eigenvalue weighted by Crippen LogP contribution is -2.49. The van der Waals surface area contributed by atoms with E-state index in [1.807, 2.05) is 13.8 Å². The summed E-state index contributed by atoms with van der Waals surface area (Å²) in [5.74, 6) is -0.182. The molecule has 0 radical (unpaired) electrons. The molecule has 0 heterocycles.